The van der Waals surface area contributed by atoms with Crippen LogP contribution in [0.25, 0.3) is 0 Å². The van der Waals surface area contributed by atoms with Crippen LogP contribution in [-0.2, 0) is 19.0 Å². The first-order valence-electron chi connectivity index (χ1n) is 12.6. The third-order valence-electron chi connectivity index (χ3n) is 11.2. The number of piperidine rings is 1. The zero-order valence-corrected chi connectivity index (χ0v) is 19.8. The minimum absolute atomic E-state index is 0.0138. The number of ether oxygens (including phenoxy) is 3. The van der Waals surface area contributed by atoms with Gasteiger partial charge >= 0.3 is 5.97 Å². The number of esters is 1. The molecule has 12 atom stereocenters. The van der Waals surface area contributed by atoms with Crippen molar-refractivity contribution < 1.29 is 29.2 Å². The highest BCUT2D eigenvalue weighted by Gasteiger charge is 2.83. The van der Waals surface area contributed by atoms with E-state index in [1.807, 2.05) is 0 Å². The van der Waals surface area contributed by atoms with Crippen LogP contribution in [0, 0.1) is 40.4 Å². The maximum absolute atomic E-state index is 12.5. The highest BCUT2D eigenvalue weighted by Crippen LogP contribution is 2.79. The molecule has 9 unspecified atom stereocenters. The van der Waals surface area contributed by atoms with Gasteiger partial charge in [0.15, 0.2) is 0 Å². The minimum atomic E-state index is -0.942. The Labute approximate surface area is 190 Å². The van der Waals surface area contributed by atoms with Gasteiger partial charge in [-0.3, -0.25) is 9.69 Å². The molecule has 32 heavy (non-hydrogen) atoms. The lowest BCUT2D eigenvalue weighted by molar-refractivity contribution is -0.274. The second-order valence-electron chi connectivity index (χ2n) is 11.8. The molecular formula is C25H39NO6. The summed E-state index contributed by atoms with van der Waals surface area (Å²) in [6, 6.07) is 0.163. The fourth-order valence-electron chi connectivity index (χ4n) is 10.7. The van der Waals surface area contributed by atoms with Crippen LogP contribution >= 0.6 is 0 Å². The predicted octanol–water partition coefficient (Wildman–Crippen LogP) is 1.45. The molecule has 1 spiro atoms. The lowest BCUT2D eigenvalue weighted by Crippen LogP contribution is -2.76. The van der Waals surface area contributed by atoms with Gasteiger partial charge in [0, 0.05) is 68.7 Å². The van der Waals surface area contributed by atoms with E-state index >= 15 is 0 Å². The van der Waals surface area contributed by atoms with Gasteiger partial charge in [-0.15, -0.1) is 0 Å². The van der Waals surface area contributed by atoms with Crippen molar-refractivity contribution in [3.05, 3.63) is 0 Å². The third-order valence-corrected chi connectivity index (χ3v) is 11.2. The highest BCUT2D eigenvalue weighted by molar-refractivity contribution is 5.66. The van der Waals surface area contributed by atoms with E-state index in [0.29, 0.717) is 18.9 Å². The first-order chi connectivity index (χ1) is 15.3. The lowest BCUT2D eigenvalue weighted by atomic mass is 9.43. The number of methoxy groups -OCH3 is 2. The molecule has 6 rings (SSSR count). The number of carbonyl (C=O) groups excluding carboxylic acids is 1. The van der Waals surface area contributed by atoms with Crippen molar-refractivity contribution in [1.29, 1.82) is 0 Å². The molecular weight excluding hydrogens is 410 g/mol. The van der Waals surface area contributed by atoms with Gasteiger partial charge in [-0.1, -0.05) is 6.92 Å². The molecule has 0 aromatic heterocycles. The summed E-state index contributed by atoms with van der Waals surface area (Å²) in [4.78, 5) is 14.7. The molecule has 2 N–H and O–H groups in total. The van der Waals surface area contributed by atoms with E-state index in [0.717, 1.165) is 38.8 Å². The Kier molecular flexibility index (Phi) is 4.70. The van der Waals surface area contributed by atoms with E-state index in [-0.39, 0.29) is 58.7 Å². The molecule has 0 aromatic rings. The normalized spacial score (nSPS) is 57.5. The van der Waals surface area contributed by atoms with Crippen molar-refractivity contribution in [3.63, 3.8) is 0 Å². The average molecular weight is 450 g/mol. The number of hydrogen-bond acceptors (Lipinski definition) is 7. The van der Waals surface area contributed by atoms with Gasteiger partial charge in [-0.05, 0) is 44.1 Å². The van der Waals surface area contributed by atoms with Crippen molar-refractivity contribution in [2.75, 3.05) is 33.9 Å². The van der Waals surface area contributed by atoms with Crippen LogP contribution in [0.4, 0.5) is 0 Å². The summed E-state index contributed by atoms with van der Waals surface area (Å²) < 4.78 is 17.7. The monoisotopic (exact) mass is 449 g/mol. The molecule has 6 fully saturated rings. The van der Waals surface area contributed by atoms with Crippen LogP contribution in [0.5, 0.6) is 0 Å². The van der Waals surface area contributed by atoms with Gasteiger partial charge in [0.1, 0.15) is 6.10 Å². The Morgan fingerprint density at radius 2 is 2.00 bits per heavy atom. The number of aliphatic hydroxyl groups is 2. The number of nitrogens with zero attached hydrogens (tertiary/aromatic N) is 1. The minimum Gasteiger partial charge on any atom is -0.462 e. The van der Waals surface area contributed by atoms with Crippen LogP contribution in [0.3, 0.4) is 0 Å². The van der Waals surface area contributed by atoms with E-state index in [4.69, 9.17) is 14.2 Å². The summed E-state index contributed by atoms with van der Waals surface area (Å²) in [5.41, 5.74) is -1.20. The zero-order chi connectivity index (χ0) is 22.6. The smallest absolute Gasteiger partial charge is 0.302 e. The summed E-state index contributed by atoms with van der Waals surface area (Å²) in [6.45, 7) is 6.27. The maximum atomic E-state index is 12.5. The molecule has 5 saturated carbocycles. The predicted molar refractivity (Wildman–Crippen MR) is 116 cm³/mol. The molecule has 5 aliphatic carbocycles. The first kappa shape index (κ1) is 21.8. The maximum Gasteiger partial charge on any atom is 0.302 e. The van der Waals surface area contributed by atoms with Crippen LogP contribution in [0.15, 0.2) is 0 Å². The summed E-state index contributed by atoms with van der Waals surface area (Å²) in [5.74, 6) is 0.164. The molecule has 7 heteroatoms. The van der Waals surface area contributed by atoms with Crippen LogP contribution in [0.1, 0.15) is 46.0 Å². The Hall–Kier alpha value is -0.730. The molecule has 1 aliphatic heterocycles. The Morgan fingerprint density at radius 1 is 1.22 bits per heavy atom. The molecule has 0 radical (unpaired) electrons. The number of aliphatic hydroxyl groups excluding tert-OH is 1. The van der Waals surface area contributed by atoms with Crippen molar-refractivity contribution in [2.24, 2.45) is 40.4 Å². The van der Waals surface area contributed by atoms with E-state index in [2.05, 4.69) is 11.8 Å². The molecule has 6 aliphatic rings. The Balaban J connectivity index is 1.56. The van der Waals surface area contributed by atoms with E-state index in [1.165, 1.54) is 6.92 Å². The van der Waals surface area contributed by atoms with Gasteiger partial charge in [0.25, 0.3) is 0 Å². The molecule has 0 amide bonds. The number of likely N-dealkylation sites (tertiary alicyclic amines) is 1. The standard InChI is InChI=1S/C25H39NO6/c1-5-26-11-23(12-30-3)7-6-19(28)25-15-8-14-17(31-4)10-24(29,16(22(25)26)9-18(23)25)20(15)21(14)32-13(2)27/h14-22,28-29H,5-12H2,1-4H3/t14?,15?,16?,17?,18?,19?,20?,21?,22?,23-,24-,25+/m0/s1. The van der Waals surface area contributed by atoms with Crippen LogP contribution < -0.4 is 0 Å². The summed E-state index contributed by atoms with van der Waals surface area (Å²) in [7, 11) is 3.51. The average Bonchev–Trinajstić information content (AvgIpc) is 3.20. The SMILES string of the molecule is CCN1C[C@]2(COC)CCC(O)[C@@]34C5CC6C(OC)C[C@](O)(C(CC23)C14)C5C6OC(C)=O. The van der Waals surface area contributed by atoms with E-state index < -0.39 is 11.7 Å². The number of fused-ring (bicyclic) bond motifs is 2. The van der Waals surface area contributed by atoms with Gasteiger partial charge in [0.05, 0.1) is 24.4 Å². The fraction of sp³-hybridized carbons (Fsp3) is 0.960. The van der Waals surface area contributed by atoms with Crippen LogP contribution in [0.2, 0.25) is 0 Å². The molecule has 180 valence electrons. The lowest BCUT2D eigenvalue weighted by Gasteiger charge is -2.69. The van der Waals surface area contributed by atoms with Crippen LogP contribution in [-0.4, -0.2) is 85.0 Å². The van der Waals surface area contributed by atoms with Gasteiger partial charge in [-0.25, -0.2) is 0 Å². The number of carbonyl (C=O) groups is 1. The third kappa shape index (κ3) is 2.28. The second kappa shape index (κ2) is 6.91. The zero-order valence-electron chi connectivity index (χ0n) is 19.8. The van der Waals surface area contributed by atoms with Crippen molar-refractivity contribution in [1.82, 2.24) is 4.90 Å². The summed E-state index contributed by atoms with van der Waals surface area (Å²) >= 11 is 0. The highest BCUT2D eigenvalue weighted by atomic mass is 16.5. The molecule has 1 saturated heterocycles. The van der Waals surface area contributed by atoms with Crippen molar-refractivity contribution in [2.45, 2.75) is 75.9 Å². The summed E-state index contributed by atoms with van der Waals surface area (Å²) in [5, 5.41) is 24.4. The van der Waals surface area contributed by atoms with Gasteiger partial charge in [-0.2, -0.15) is 0 Å². The molecule has 0 aromatic carbocycles. The number of rotatable bonds is 5. The van der Waals surface area contributed by atoms with Gasteiger partial charge in [0.2, 0.25) is 0 Å². The number of hydrogen-bond donors (Lipinski definition) is 2. The topological polar surface area (TPSA) is 88.5 Å². The Morgan fingerprint density at radius 3 is 2.66 bits per heavy atom. The summed E-state index contributed by atoms with van der Waals surface area (Å²) in [6.07, 6.45) is 3.27. The molecule has 7 nitrogen and oxygen atoms in total. The molecule has 1 heterocycles. The quantitative estimate of drug-likeness (QED) is 0.614. The fourth-order valence-corrected chi connectivity index (χ4v) is 10.7. The Bertz CT molecular complexity index is 807. The van der Waals surface area contributed by atoms with Crippen molar-refractivity contribution in [3.8, 4) is 0 Å². The van der Waals surface area contributed by atoms with Crippen molar-refractivity contribution >= 4 is 5.97 Å². The van der Waals surface area contributed by atoms with E-state index in [9.17, 15) is 15.0 Å². The second-order valence-corrected chi connectivity index (χ2v) is 11.8. The largest absolute Gasteiger partial charge is 0.462 e. The van der Waals surface area contributed by atoms with Gasteiger partial charge < -0.3 is 24.4 Å². The first-order valence-corrected chi connectivity index (χ1v) is 12.6. The van der Waals surface area contributed by atoms with E-state index in [1.54, 1.807) is 14.2 Å². The molecule has 7 bridgehead atoms.